The summed E-state index contributed by atoms with van der Waals surface area (Å²) < 4.78 is 54.2. The van der Waals surface area contributed by atoms with Crippen molar-refractivity contribution in [2.24, 2.45) is 0 Å². The monoisotopic (exact) mass is 477 g/mol. The molecule has 17 heteroatoms. The van der Waals surface area contributed by atoms with Crippen LogP contribution in [0.1, 0.15) is 6.92 Å². The van der Waals surface area contributed by atoms with E-state index < -0.39 is 84.4 Å². The van der Waals surface area contributed by atoms with Crippen LogP contribution in [-0.2, 0) is 43.1 Å². The minimum Gasteiger partial charge on any atom is -0.435 e. The van der Waals surface area contributed by atoms with Crippen molar-refractivity contribution in [2.75, 3.05) is 6.61 Å². The Morgan fingerprint density at radius 1 is 1.03 bits per heavy atom. The minimum absolute atomic E-state index is 0.106. The third-order valence-electron chi connectivity index (χ3n) is 4.45. The lowest BCUT2D eigenvalue weighted by Crippen LogP contribution is -2.67. The first-order valence-corrected chi connectivity index (χ1v) is 10.1. The normalized spacial score (nSPS) is 41.4. The van der Waals surface area contributed by atoms with Gasteiger partial charge in [-0.2, -0.15) is 8.42 Å². The SMILES string of the molecule is CC(=O)N[C@H]1C(O[C@@H]2OC(OC=O)[C@@H](O)C(O)[C@@H]2O)[C@@H](O)C(COS(=O)(=O)O)O[C@H]1O. The van der Waals surface area contributed by atoms with Crippen molar-refractivity contribution >= 4 is 22.8 Å². The lowest BCUT2D eigenvalue weighted by Gasteiger charge is -2.46. The van der Waals surface area contributed by atoms with Gasteiger partial charge in [-0.3, -0.25) is 14.1 Å². The van der Waals surface area contributed by atoms with Gasteiger partial charge in [-0.15, -0.1) is 0 Å². The Balaban J connectivity index is 2.25. The van der Waals surface area contributed by atoms with Gasteiger partial charge in [0.25, 0.3) is 6.47 Å². The van der Waals surface area contributed by atoms with Gasteiger partial charge in [0.05, 0.1) is 6.61 Å². The predicted octanol–water partition coefficient (Wildman–Crippen LogP) is -5.29. The van der Waals surface area contributed by atoms with Crippen LogP contribution in [0.4, 0.5) is 0 Å². The molecule has 0 spiro atoms. The van der Waals surface area contributed by atoms with Crippen molar-refractivity contribution < 1.29 is 71.2 Å². The lowest BCUT2D eigenvalue weighted by molar-refractivity contribution is -0.365. The highest BCUT2D eigenvalue weighted by molar-refractivity contribution is 7.80. The molecule has 0 aromatic heterocycles. The molecule has 0 aromatic carbocycles. The fraction of sp³-hybridized carbons (Fsp3) is 0.857. The smallest absolute Gasteiger partial charge is 0.397 e. The molecule has 2 saturated heterocycles. The molecule has 0 aromatic rings. The van der Waals surface area contributed by atoms with E-state index in [4.69, 9.17) is 18.8 Å². The maximum atomic E-state index is 11.5. The van der Waals surface area contributed by atoms with E-state index in [1.54, 1.807) is 0 Å². The number of ether oxygens (including phenoxy) is 4. The van der Waals surface area contributed by atoms with E-state index in [0.29, 0.717) is 0 Å². The Labute approximate surface area is 175 Å². The van der Waals surface area contributed by atoms with Gasteiger partial charge in [-0.25, -0.2) is 4.18 Å². The van der Waals surface area contributed by atoms with E-state index in [1.807, 2.05) is 0 Å². The molecule has 2 rings (SSSR count). The maximum Gasteiger partial charge on any atom is 0.397 e. The van der Waals surface area contributed by atoms with E-state index in [1.165, 1.54) is 0 Å². The summed E-state index contributed by atoms with van der Waals surface area (Å²) in [6.45, 7) is -0.0229. The van der Waals surface area contributed by atoms with Crippen molar-refractivity contribution in [2.45, 2.75) is 68.5 Å². The fourth-order valence-electron chi connectivity index (χ4n) is 3.03. The van der Waals surface area contributed by atoms with Gasteiger partial charge in [0.2, 0.25) is 12.2 Å². The number of amides is 1. The summed E-state index contributed by atoms with van der Waals surface area (Å²) in [6.07, 6.45) is -16.4. The third kappa shape index (κ3) is 6.49. The molecule has 7 N–H and O–H groups in total. The molecule has 16 nitrogen and oxygen atoms in total. The highest BCUT2D eigenvalue weighted by Gasteiger charge is 2.51. The number of aliphatic hydroxyl groups excluding tert-OH is 5. The van der Waals surface area contributed by atoms with Gasteiger partial charge in [0.15, 0.2) is 12.6 Å². The zero-order valence-electron chi connectivity index (χ0n) is 15.8. The summed E-state index contributed by atoms with van der Waals surface area (Å²) >= 11 is 0. The highest BCUT2D eigenvalue weighted by Crippen LogP contribution is 2.29. The number of aliphatic hydroxyl groups is 5. The zero-order chi connectivity index (χ0) is 23.5. The second-order valence-corrected chi connectivity index (χ2v) is 7.76. The first kappa shape index (κ1) is 25.7. The fourth-order valence-corrected chi connectivity index (χ4v) is 3.33. The summed E-state index contributed by atoms with van der Waals surface area (Å²) in [7, 11) is -4.94. The van der Waals surface area contributed by atoms with Gasteiger partial charge in [0, 0.05) is 6.92 Å². The average molecular weight is 477 g/mol. The van der Waals surface area contributed by atoms with Crippen LogP contribution in [0.5, 0.6) is 0 Å². The molecule has 180 valence electrons. The Hall–Kier alpha value is -1.51. The number of rotatable bonds is 8. The first-order valence-electron chi connectivity index (χ1n) is 8.70. The van der Waals surface area contributed by atoms with Crippen LogP contribution in [0.15, 0.2) is 0 Å². The Kier molecular flexibility index (Phi) is 8.64. The molecule has 10 atom stereocenters. The maximum absolute atomic E-state index is 11.5. The summed E-state index contributed by atoms with van der Waals surface area (Å²) in [5.74, 6) is -0.705. The van der Waals surface area contributed by atoms with Gasteiger partial charge >= 0.3 is 10.4 Å². The average Bonchev–Trinajstić information content (AvgIpc) is 2.66. The lowest BCUT2D eigenvalue weighted by atomic mass is 9.96. The molecule has 2 aliphatic heterocycles. The Morgan fingerprint density at radius 3 is 2.19 bits per heavy atom. The molecule has 31 heavy (non-hydrogen) atoms. The number of hydrogen-bond donors (Lipinski definition) is 7. The number of nitrogens with one attached hydrogen (secondary N) is 1. The quantitative estimate of drug-likeness (QED) is 0.127. The summed E-state index contributed by atoms with van der Waals surface area (Å²) in [5.41, 5.74) is 0. The van der Waals surface area contributed by atoms with Crippen LogP contribution < -0.4 is 5.32 Å². The van der Waals surface area contributed by atoms with Crippen molar-refractivity contribution in [3.8, 4) is 0 Å². The predicted molar refractivity (Wildman–Crippen MR) is 90.7 cm³/mol. The molecule has 0 saturated carbocycles. The van der Waals surface area contributed by atoms with E-state index in [9.17, 15) is 43.5 Å². The molecule has 2 fully saturated rings. The van der Waals surface area contributed by atoms with Crippen LogP contribution in [-0.4, -0.2) is 119 Å². The zero-order valence-corrected chi connectivity index (χ0v) is 16.6. The molecular formula is C14H23NO15S. The second kappa shape index (κ2) is 10.4. The van der Waals surface area contributed by atoms with Gasteiger partial charge in [-0.1, -0.05) is 0 Å². The van der Waals surface area contributed by atoms with Crippen LogP contribution in [0, 0.1) is 0 Å². The highest BCUT2D eigenvalue weighted by atomic mass is 32.3. The molecule has 0 bridgehead atoms. The molecular weight excluding hydrogens is 454 g/mol. The molecule has 0 aliphatic carbocycles. The van der Waals surface area contributed by atoms with Crippen LogP contribution in [0.3, 0.4) is 0 Å². The summed E-state index contributed by atoms with van der Waals surface area (Å²) in [4.78, 5) is 22.0. The van der Waals surface area contributed by atoms with Crippen molar-refractivity contribution in [3.05, 3.63) is 0 Å². The largest absolute Gasteiger partial charge is 0.435 e. The Morgan fingerprint density at radius 2 is 1.65 bits per heavy atom. The molecule has 4 unspecified atom stereocenters. The third-order valence-corrected chi connectivity index (χ3v) is 4.88. The number of carbonyl (C=O) groups excluding carboxylic acids is 2. The van der Waals surface area contributed by atoms with Crippen LogP contribution >= 0.6 is 0 Å². The minimum atomic E-state index is -4.94. The first-order chi connectivity index (χ1) is 14.4. The molecule has 0 radical (unpaired) electrons. The van der Waals surface area contributed by atoms with E-state index in [2.05, 4.69) is 14.2 Å². The molecule has 2 aliphatic rings. The van der Waals surface area contributed by atoms with Crippen LogP contribution in [0.25, 0.3) is 0 Å². The van der Waals surface area contributed by atoms with Gasteiger partial charge < -0.3 is 49.8 Å². The standard InChI is InChI=1S/C14H23NO15S/c1-4(17)15-6-11(7(18)5(28-12(6)22)2-27-31(23,24)25)29-14-10(21)8(19)9(20)13(30-14)26-3-16/h3,5-14,18-22H,2H2,1H3,(H,15,17)(H,23,24,25)/t5?,6-,7-,8?,9-,10-,11?,12+,13?,14+/m0/s1. The van der Waals surface area contributed by atoms with Crippen molar-refractivity contribution in [3.63, 3.8) is 0 Å². The summed E-state index contributed by atoms with van der Waals surface area (Å²) in [5, 5.41) is 52.7. The van der Waals surface area contributed by atoms with E-state index >= 15 is 0 Å². The van der Waals surface area contributed by atoms with E-state index in [-0.39, 0.29) is 6.47 Å². The van der Waals surface area contributed by atoms with Crippen molar-refractivity contribution in [1.82, 2.24) is 5.32 Å². The van der Waals surface area contributed by atoms with Gasteiger partial charge in [-0.05, 0) is 0 Å². The number of hydrogen-bond acceptors (Lipinski definition) is 14. The topological polar surface area (TPSA) is 248 Å². The molecule has 2 heterocycles. The Bertz CT molecular complexity index is 733. The second-order valence-electron chi connectivity index (χ2n) is 6.67. The van der Waals surface area contributed by atoms with Gasteiger partial charge in [0.1, 0.15) is 42.7 Å². The number of carbonyl (C=O) groups is 2. The molecule has 1 amide bonds. The van der Waals surface area contributed by atoms with Crippen LogP contribution in [0.2, 0.25) is 0 Å². The van der Waals surface area contributed by atoms with Crippen molar-refractivity contribution in [1.29, 1.82) is 0 Å². The van der Waals surface area contributed by atoms with E-state index in [0.717, 1.165) is 6.92 Å². The summed E-state index contributed by atoms with van der Waals surface area (Å²) in [6, 6.07) is -1.50.